The number of aromatic nitrogens is 1. The third-order valence-corrected chi connectivity index (χ3v) is 7.35. The molecule has 0 radical (unpaired) electrons. The quantitative estimate of drug-likeness (QED) is 0.503. The Balaban J connectivity index is 1.77. The zero-order valence-electron chi connectivity index (χ0n) is 13.9. The lowest BCUT2D eigenvalue weighted by Crippen LogP contribution is -2.21. The lowest BCUT2D eigenvalue weighted by molar-refractivity contribution is -0.105. The van der Waals surface area contributed by atoms with Crippen LogP contribution in [0.1, 0.15) is 20.7 Å². The van der Waals surface area contributed by atoms with Gasteiger partial charge < -0.3 is 0 Å². The van der Waals surface area contributed by atoms with Crippen LogP contribution in [0.3, 0.4) is 0 Å². The van der Waals surface area contributed by atoms with E-state index in [9.17, 15) is 22.8 Å². The SMILES string of the molecule is O=C1C(SCC(F)(F)F)=C(Sc2nc3ccccc3s2)C(=O)c2ccccc21. The number of benzene rings is 2. The fraction of sp³-hybridized carbons (Fsp3) is 0.105. The molecule has 1 heterocycles. The molecule has 4 rings (SSSR count). The third-order valence-electron chi connectivity index (χ3n) is 3.88. The molecule has 9 heteroatoms. The Morgan fingerprint density at radius 1 is 0.893 bits per heavy atom. The van der Waals surface area contributed by atoms with Crippen LogP contribution in [0.15, 0.2) is 62.7 Å². The van der Waals surface area contributed by atoms with Crippen LogP contribution in [-0.4, -0.2) is 28.5 Å². The van der Waals surface area contributed by atoms with Gasteiger partial charge in [-0.1, -0.05) is 48.2 Å². The van der Waals surface area contributed by atoms with E-state index in [-0.39, 0.29) is 20.9 Å². The Labute approximate surface area is 170 Å². The molecule has 3 nitrogen and oxygen atoms in total. The number of fused-ring (bicyclic) bond motifs is 2. The van der Waals surface area contributed by atoms with Gasteiger partial charge in [0.15, 0.2) is 4.34 Å². The molecule has 1 aromatic heterocycles. The maximum absolute atomic E-state index is 13.0. The Morgan fingerprint density at radius 2 is 1.50 bits per heavy atom. The van der Waals surface area contributed by atoms with E-state index < -0.39 is 23.5 Å². The molecule has 2 aromatic carbocycles. The van der Waals surface area contributed by atoms with E-state index in [0.29, 0.717) is 16.1 Å². The molecule has 0 saturated carbocycles. The molecule has 0 bridgehead atoms. The smallest absolute Gasteiger partial charge is 0.288 e. The predicted molar refractivity (Wildman–Crippen MR) is 106 cm³/mol. The normalized spacial score (nSPS) is 14.7. The molecule has 0 aliphatic heterocycles. The summed E-state index contributed by atoms with van der Waals surface area (Å²) in [6.45, 7) is 0. The molecule has 0 spiro atoms. The van der Waals surface area contributed by atoms with Crippen molar-refractivity contribution < 1.29 is 22.8 Å². The van der Waals surface area contributed by atoms with Gasteiger partial charge in [-0.15, -0.1) is 23.1 Å². The molecule has 0 saturated heterocycles. The van der Waals surface area contributed by atoms with E-state index in [0.717, 1.165) is 22.0 Å². The monoisotopic (exact) mass is 437 g/mol. The summed E-state index contributed by atoms with van der Waals surface area (Å²) in [6, 6.07) is 13.5. The summed E-state index contributed by atoms with van der Waals surface area (Å²) in [5.41, 5.74) is 1.06. The minimum Gasteiger partial charge on any atom is -0.288 e. The maximum atomic E-state index is 13.0. The summed E-state index contributed by atoms with van der Waals surface area (Å²) >= 11 is 2.63. The van der Waals surface area contributed by atoms with E-state index in [4.69, 9.17) is 0 Å². The summed E-state index contributed by atoms with van der Waals surface area (Å²) in [5.74, 6) is -2.26. The minimum atomic E-state index is -4.45. The topological polar surface area (TPSA) is 47.0 Å². The van der Waals surface area contributed by atoms with Gasteiger partial charge in [0.05, 0.1) is 25.8 Å². The van der Waals surface area contributed by atoms with Crippen molar-refractivity contribution >= 4 is 56.6 Å². The number of ketones is 2. The van der Waals surface area contributed by atoms with Gasteiger partial charge in [0.2, 0.25) is 11.6 Å². The van der Waals surface area contributed by atoms with Crippen molar-refractivity contribution in [3.05, 3.63) is 69.5 Å². The summed E-state index contributed by atoms with van der Waals surface area (Å²) in [4.78, 5) is 30.0. The number of hydrogen-bond donors (Lipinski definition) is 0. The van der Waals surface area contributed by atoms with E-state index in [1.165, 1.54) is 23.5 Å². The lowest BCUT2D eigenvalue weighted by atomic mass is 9.94. The highest BCUT2D eigenvalue weighted by Crippen LogP contribution is 2.44. The van der Waals surface area contributed by atoms with Crippen molar-refractivity contribution in [2.24, 2.45) is 0 Å². The molecular weight excluding hydrogens is 427 g/mol. The zero-order chi connectivity index (χ0) is 19.9. The number of Topliss-reactive ketones (excluding diaryl/α,β-unsaturated/α-hetero) is 2. The van der Waals surface area contributed by atoms with Crippen LogP contribution >= 0.6 is 34.9 Å². The number of carbonyl (C=O) groups is 2. The number of alkyl halides is 3. The number of para-hydroxylation sites is 1. The van der Waals surface area contributed by atoms with Crippen LogP contribution in [-0.2, 0) is 0 Å². The van der Waals surface area contributed by atoms with Gasteiger partial charge in [-0.25, -0.2) is 4.98 Å². The Hall–Kier alpha value is -2.10. The predicted octanol–water partition coefficient (Wildman–Crippen LogP) is 5.97. The van der Waals surface area contributed by atoms with Crippen LogP contribution in [0.5, 0.6) is 0 Å². The van der Waals surface area contributed by atoms with Crippen molar-refractivity contribution in [2.75, 3.05) is 5.75 Å². The summed E-state index contributed by atoms with van der Waals surface area (Å²) in [7, 11) is 0. The maximum Gasteiger partial charge on any atom is 0.398 e. The van der Waals surface area contributed by atoms with Gasteiger partial charge in [-0.2, -0.15) is 13.2 Å². The largest absolute Gasteiger partial charge is 0.398 e. The number of thiazole rings is 1. The fourth-order valence-corrected chi connectivity index (χ4v) is 5.85. The van der Waals surface area contributed by atoms with Crippen molar-refractivity contribution in [1.82, 2.24) is 4.98 Å². The Bertz CT molecular complexity index is 1100. The Morgan fingerprint density at radius 3 is 2.14 bits per heavy atom. The van der Waals surface area contributed by atoms with E-state index in [1.807, 2.05) is 24.3 Å². The number of nitrogens with zero attached hydrogens (tertiary/aromatic N) is 1. The summed E-state index contributed by atoms with van der Waals surface area (Å²) in [6.07, 6.45) is -4.45. The fourth-order valence-electron chi connectivity index (χ4n) is 2.69. The number of halogens is 3. The number of carbonyl (C=O) groups excluding carboxylic acids is 2. The first kappa shape index (κ1) is 19.2. The van der Waals surface area contributed by atoms with E-state index in [1.54, 1.807) is 12.1 Å². The minimum absolute atomic E-state index is 0.00277. The first-order chi connectivity index (χ1) is 13.3. The van der Waals surface area contributed by atoms with Gasteiger partial charge in [0.25, 0.3) is 0 Å². The number of thioether (sulfide) groups is 2. The van der Waals surface area contributed by atoms with Crippen LogP contribution in [0.2, 0.25) is 0 Å². The average molecular weight is 437 g/mol. The average Bonchev–Trinajstić information content (AvgIpc) is 3.07. The summed E-state index contributed by atoms with van der Waals surface area (Å²) < 4.78 is 39.7. The second-order valence-corrected chi connectivity index (χ2v) is 9.09. The molecular formula is C19H10F3NO2S3. The molecule has 0 fully saturated rings. The number of allylic oxidation sites excluding steroid dienone is 2. The number of hydrogen-bond acceptors (Lipinski definition) is 6. The van der Waals surface area contributed by atoms with E-state index >= 15 is 0 Å². The van der Waals surface area contributed by atoms with Gasteiger partial charge in [-0.05, 0) is 12.1 Å². The first-order valence-corrected chi connectivity index (χ1v) is 10.6. The second-order valence-electron chi connectivity index (χ2n) is 5.82. The molecule has 142 valence electrons. The highest BCUT2D eigenvalue weighted by molar-refractivity contribution is 8.08. The van der Waals surface area contributed by atoms with Gasteiger partial charge in [0.1, 0.15) is 0 Å². The number of rotatable bonds is 4. The van der Waals surface area contributed by atoms with Crippen molar-refractivity contribution in [3.63, 3.8) is 0 Å². The van der Waals surface area contributed by atoms with Gasteiger partial charge in [-0.3, -0.25) is 9.59 Å². The highest BCUT2D eigenvalue weighted by Gasteiger charge is 2.36. The molecule has 1 aliphatic rings. The molecule has 0 amide bonds. The van der Waals surface area contributed by atoms with Crippen LogP contribution in [0.25, 0.3) is 10.2 Å². The third kappa shape index (κ3) is 3.74. The Kier molecular flexibility index (Phi) is 5.07. The first-order valence-electron chi connectivity index (χ1n) is 7.99. The molecule has 0 N–H and O–H groups in total. The summed E-state index contributed by atoms with van der Waals surface area (Å²) in [5, 5.41) is 0. The lowest BCUT2D eigenvalue weighted by Gasteiger charge is -2.20. The van der Waals surface area contributed by atoms with Crippen LogP contribution in [0.4, 0.5) is 13.2 Å². The molecule has 3 aromatic rings. The zero-order valence-corrected chi connectivity index (χ0v) is 16.4. The highest BCUT2D eigenvalue weighted by atomic mass is 32.2. The van der Waals surface area contributed by atoms with Crippen molar-refractivity contribution in [2.45, 2.75) is 10.5 Å². The standard InChI is InChI=1S/C19H10F3NO2S3/c20-19(21,22)9-26-16-14(24)10-5-1-2-6-11(10)15(25)17(16)28-18-23-12-7-3-4-8-13(12)27-18/h1-8H,9H2. The molecule has 28 heavy (non-hydrogen) atoms. The van der Waals surface area contributed by atoms with Crippen LogP contribution < -0.4 is 0 Å². The van der Waals surface area contributed by atoms with Gasteiger partial charge in [0, 0.05) is 11.1 Å². The van der Waals surface area contributed by atoms with Crippen molar-refractivity contribution in [3.8, 4) is 0 Å². The van der Waals surface area contributed by atoms with Gasteiger partial charge >= 0.3 is 6.18 Å². The molecule has 0 atom stereocenters. The van der Waals surface area contributed by atoms with Crippen molar-refractivity contribution in [1.29, 1.82) is 0 Å². The molecule has 0 unspecified atom stereocenters. The van der Waals surface area contributed by atoms with E-state index in [2.05, 4.69) is 4.98 Å². The molecule has 1 aliphatic carbocycles. The van der Waals surface area contributed by atoms with Crippen LogP contribution in [0, 0.1) is 0 Å². The second kappa shape index (κ2) is 7.38.